The minimum absolute atomic E-state index is 0.278. The standard InChI is InChI=1S/C6H12NO2P/c1-4-2-3-5(6(8)9)7(4)10/h4-5H,2-3,10H2,1H3,(H,8,9)/t4-,5-/m0/s1. The Morgan fingerprint density at radius 1 is 1.70 bits per heavy atom. The second kappa shape index (κ2) is 2.85. The summed E-state index contributed by atoms with van der Waals surface area (Å²) in [5.74, 6) is -0.709. The van der Waals surface area contributed by atoms with E-state index < -0.39 is 5.97 Å². The number of hydrogen-bond acceptors (Lipinski definition) is 2. The second-order valence-electron chi connectivity index (χ2n) is 2.73. The van der Waals surface area contributed by atoms with Crippen LogP contribution in [0, 0.1) is 0 Å². The van der Waals surface area contributed by atoms with Crippen molar-refractivity contribution in [1.29, 1.82) is 0 Å². The largest absolute Gasteiger partial charge is 0.480 e. The Kier molecular flexibility index (Phi) is 2.27. The monoisotopic (exact) mass is 161 g/mol. The highest BCUT2D eigenvalue weighted by Gasteiger charge is 2.32. The Hall–Kier alpha value is -0.140. The summed E-state index contributed by atoms with van der Waals surface area (Å²) in [6.45, 7) is 2.04. The maximum Gasteiger partial charge on any atom is 0.321 e. The van der Waals surface area contributed by atoms with E-state index in [0.717, 1.165) is 12.8 Å². The maximum absolute atomic E-state index is 10.5. The predicted octanol–water partition coefficient (Wildman–Crippen LogP) is 0.714. The van der Waals surface area contributed by atoms with Crippen molar-refractivity contribution in [2.24, 2.45) is 0 Å². The van der Waals surface area contributed by atoms with E-state index in [4.69, 9.17) is 5.11 Å². The number of aliphatic carboxylic acids is 1. The quantitative estimate of drug-likeness (QED) is 0.576. The first kappa shape index (κ1) is 7.96. The van der Waals surface area contributed by atoms with Gasteiger partial charge < -0.3 is 5.11 Å². The van der Waals surface area contributed by atoms with Gasteiger partial charge >= 0.3 is 5.97 Å². The van der Waals surface area contributed by atoms with Crippen LogP contribution in [-0.4, -0.2) is 27.8 Å². The van der Waals surface area contributed by atoms with Crippen LogP contribution in [0.15, 0.2) is 0 Å². The third-order valence-electron chi connectivity index (χ3n) is 2.01. The van der Waals surface area contributed by atoms with E-state index >= 15 is 0 Å². The molecule has 0 aromatic heterocycles. The molecule has 0 amide bonds. The summed E-state index contributed by atoms with van der Waals surface area (Å²) in [5.41, 5.74) is 0. The third kappa shape index (κ3) is 1.30. The van der Waals surface area contributed by atoms with Crippen LogP contribution >= 0.6 is 9.39 Å². The molecule has 1 N–H and O–H groups in total. The molecule has 0 aromatic rings. The Balaban J connectivity index is 2.57. The molecule has 3 nitrogen and oxygen atoms in total. The lowest BCUT2D eigenvalue weighted by Gasteiger charge is -2.18. The van der Waals surface area contributed by atoms with E-state index in [1.54, 1.807) is 0 Å². The molecule has 58 valence electrons. The first-order valence-corrected chi connectivity index (χ1v) is 3.90. The summed E-state index contributed by atoms with van der Waals surface area (Å²) in [7, 11) is 2.47. The second-order valence-corrected chi connectivity index (χ2v) is 3.32. The highest BCUT2D eigenvalue weighted by Crippen LogP contribution is 2.26. The minimum atomic E-state index is -0.709. The van der Waals surface area contributed by atoms with Crippen LogP contribution in [0.5, 0.6) is 0 Å². The lowest BCUT2D eigenvalue weighted by molar-refractivity contribution is -0.140. The van der Waals surface area contributed by atoms with Gasteiger partial charge in [0.2, 0.25) is 0 Å². The third-order valence-corrected chi connectivity index (χ3v) is 2.88. The zero-order valence-corrected chi connectivity index (χ0v) is 7.10. The number of rotatable bonds is 1. The van der Waals surface area contributed by atoms with Gasteiger partial charge in [0.15, 0.2) is 0 Å². The number of carboxylic acids is 1. The van der Waals surface area contributed by atoms with Gasteiger partial charge in [0, 0.05) is 6.04 Å². The lowest BCUT2D eigenvalue weighted by atomic mass is 10.2. The fourth-order valence-electron chi connectivity index (χ4n) is 1.26. The minimum Gasteiger partial charge on any atom is -0.480 e. The van der Waals surface area contributed by atoms with Crippen LogP contribution in [-0.2, 0) is 4.79 Å². The first-order valence-electron chi connectivity index (χ1n) is 3.38. The summed E-state index contributed by atoms with van der Waals surface area (Å²) in [6, 6.07) is 0.117. The van der Waals surface area contributed by atoms with Gasteiger partial charge in [-0.3, -0.25) is 9.46 Å². The van der Waals surface area contributed by atoms with Crippen molar-refractivity contribution in [3.05, 3.63) is 0 Å². The number of hydrogen-bond donors (Lipinski definition) is 1. The van der Waals surface area contributed by atoms with Gasteiger partial charge in [0.1, 0.15) is 6.04 Å². The number of nitrogens with zero attached hydrogens (tertiary/aromatic N) is 1. The molecule has 3 atom stereocenters. The SMILES string of the molecule is C[C@H]1CC[C@@H](C(=O)O)N1P. The van der Waals surface area contributed by atoms with Gasteiger partial charge in [-0.15, -0.1) is 0 Å². The van der Waals surface area contributed by atoms with Crippen LogP contribution in [0.2, 0.25) is 0 Å². The highest BCUT2D eigenvalue weighted by molar-refractivity contribution is 7.13. The molecule has 1 saturated heterocycles. The van der Waals surface area contributed by atoms with Crippen LogP contribution in [0.1, 0.15) is 19.8 Å². The van der Waals surface area contributed by atoms with E-state index in [1.165, 1.54) is 0 Å². The van der Waals surface area contributed by atoms with Crippen molar-refractivity contribution in [3.8, 4) is 0 Å². The Morgan fingerprint density at radius 3 is 2.50 bits per heavy atom. The molecule has 0 aromatic carbocycles. The molecular weight excluding hydrogens is 149 g/mol. The highest BCUT2D eigenvalue weighted by atomic mass is 31.0. The average molecular weight is 161 g/mol. The topological polar surface area (TPSA) is 40.5 Å². The molecular formula is C6H12NO2P. The summed E-state index contributed by atoms with van der Waals surface area (Å²) < 4.78 is 1.84. The zero-order chi connectivity index (χ0) is 7.72. The molecule has 1 aliphatic rings. The molecule has 1 fully saturated rings. The van der Waals surface area contributed by atoms with Crippen molar-refractivity contribution in [1.82, 2.24) is 4.67 Å². The first-order chi connectivity index (χ1) is 4.63. The Labute approximate surface area is 62.7 Å². The molecule has 0 saturated carbocycles. The van der Waals surface area contributed by atoms with E-state index in [-0.39, 0.29) is 6.04 Å². The fraction of sp³-hybridized carbons (Fsp3) is 0.833. The summed E-state index contributed by atoms with van der Waals surface area (Å²) in [4.78, 5) is 10.5. The smallest absolute Gasteiger partial charge is 0.321 e. The molecule has 1 rings (SSSR count). The van der Waals surface area contributed by atoms with Gasteiger partial charge in [-0.25, -0.2) is 0 Å². The summed E-state index contributed by atoms with van der Waals surface area (Å²) in [6.07, 6.45) is 1.76. The molecule has 0 bridgehead atoms. The zero-order valence-electron chi connectivity index (χ0n) is 5.95. The summed E-state index contributed by atoms with van der Waals surface area (Å²) >= 11 is 0. The van der Waals surface area contributed by atoms with Gasteiger partial charge in [-0.2, -0.15) is 0 Å². The van der Waals surface area contributed by atoms with Crippen molar-refractivity contribution in [2.75, 3.05) is 0 Å². The normalized spacial score (nSPS) is 34.6. The molecule has 0 spiro atoms. The van der Waals surface area contributed by atoms with Crippen LogP contribution in [0.3, 0.4) is 0 Å². The molecule has 1 aliphatic heterocycles. The lowest BCUT2D eigenvalue weighted by Crippen LogP contribution is -2.31. The van der Waals surface area contributed by atoms with Crippen molar-refractivity contribution >= 4 is 15.4 Å². The van der Waals surface area contributed by atoms with Gasteiger partial charge in [0.05, 0.1) is 0 Å². The van der Waals surface area contributed by atoms with Gasteiger partial charge in [-0.05, 0) is 19.8 Å². The molecule has 1 heterocycles. The van der Waals surface area contributed by atoms with Gasteiger partial charge in [-0.1, -0.05) is 9.39 Å². The molecule has 4 heteroatoms. The van der Waals surface area contributed by atoms with Crippen LogP contribution in [0.4, 0.5) is 0 Å². The van der Waals surface area contributed by atoms with E-state index in [0.29, 0.717) is 6.04 Å². The van der Waals surface area contributed by atoms with Crippen molar-refractivity contribution in [2.45, 2.75) is 31.8 Å². The van der Waals surface area contributed by atoms with Crippen molar-refractivity contribution < 1.29 is 9.90 Å². The van der Waals surface area contributed by atoms with E-state index in [9.17, 15) is 4.79 Å². The average Bonchev–Trinajstić information content (AvgIpc) is 2.14. The Bertz CT molecular complexity index is 151. The Morgan fingerprint density at radius 2 is 2.30 bits per heavy atom. The van der Waals surface area contributed by atoms with Gasteiger partial charge in [0.25, 0.3) is 0 Å². The summed E-state index contributed by atoms with van der Waals surface area (Å²) in [5, 5.41) is 8.65. The molecule has 1 unspecified atom stereocenters. The number of carbonyl (C=O) groups is 1. The fourth-order valence-corrected chi connectivity index (χ4v) is 1.68. The molecule has 0 radical (unpaired) electrons. The van der Waals surface area contributed by atoms with E-state index in [1.807, 2.05) is 11.6 Å². The van der Waals surface area contributed by atoms with Crippen LogP contribution < -0.4 is 0 Å². The van der Waals surface area contributed by atoms with Crippen molar-refractivity contribution in [3.63, 3.8) is 0 Å². The molecule has 0 aliphatic carbocycles. The molecule has 10 heavy (non-hydrogen) atoms. The predicted molar refractivity (Wildman–Crippen MR) is 41.7 cm³/mol. The van der Waals surface area contributed by atoms with Crippen LogP contribution in [0.25, 0.3) is 0 Å². The number of carboxylic acid groups (broad SMARTS) is 1. The van der Waals surface area contributed by atoms with E-state index in [2.05, 4.69) is 9.39 Å². The maximum atomic E-state index is 10.5.